The van der Waals surface area contributed by atoms with Crippen molar-refractivity contribution in [3.63, 3.8) is 0 Å². The maximum absolute atomic E-state index is 13.7. The van der Waals surface area contributed by atoms with Crippen LogP contribution in [0.2, 0.25) is 5.02 Å². The Bertz CT molecular complexity index is 1240. The molecule has 0 bridgehead atoms. The van der Waals surface area contributed by atoms with Gasteiger partial charge in [0.25, 0.3) is 11.8 Å². The summed E-state index contributed by atoms with van der Waals surface area (Å²) in [5, 5.41) is 3.43. The van der Waals surface area contributed by atoms with Crippen LogP contribution in [0.4, 0.5) is 11.4 Å². The van der Waals surface area contributed by atoms with E-state index < -0.39 is 23.8 Å². The van der Waals surface area contributed by atoms with Crippen molar-refractivity contribution in [2.24, 2.45) is 0 Å². The largest absolute Gasteiger partial charge is 0.378 e. The Morgan fingerprint density at radius 3 is 2.20 bits per heavy atom. The molecule has 0 radical (unpaired) electrons. The number of carbonyl (C=O) groups excluding carboxylic acids is 3. The van der Waals surface area contributed by atoms with Gasteiger partial charge in [0.15, 0.2) is 0 Å². The minimum absolute atomic E-state index is 0.186. The summed E-state index contributed by atoms with van der Waals surface area (Å²) in [5.41, 5.74) is 2.79. The van der Waals surface area contributed by atoms with E-state index in [0.29, 0.717) is 48.1 Å². The first-order chi connectivity index (χ1) is 17.0. The van der Waals surface area contributed by atoms with E-state index in [1.54, 1.807) is 36.4 Å². The molecule has 5 rings (SSSR count). The molecule has 7 nitrogen and oxygen atoms in total. The van der Waals surface area contributed by atoms with Gasteiger partial charge in [0.2, 0.25) is 5.91 Å². The zero-order chi connectivity index (χ0) is 24.4. The van der Waals surface area contributed by atoms with Crippen LogP contribution in [0.25, 0.3) is 0 Å². The van der Waals surface area contributed by atoms with Gasteiger partial charge in [0.1, 0.15) is 6.04 Å². The number of imide groups is 1. The highest BCUT2D eigenvalue weighted by atomic mass is 35.5. The fraction of sp³-hybridized carbons (Fsp3) is 0.222. The second kappa shape index (κ2) is 9.90. The van der Waals surface area contributed by atoms with Gasteiger partial charge in [-0.3, -0.25) is 19.3 Å². The van der Waals surface area contributed by atoms with Crippen LogP contribution in [0.15, 0.2) is 72.8 Å². The molecular weight excluding hydrogens is 466 g/mol. The first kappa shape index (κ1) is 23.1. The molecule has 3 amide bonds. The third-order valence-electron chi connectivity index (χ3n) is 6.28. The van der Waals surface area contributed by atoms with Crippen molar-refractivity contribution < 1.29 is 19.1 Å². The highest BCUT2D eigenvalue weighted by Crippen LogP contribution is 2.32. The smallest absolute Gasteiger partial charge is 0.262 e. The predicted molar refractivity (Wildman–Crippen MR) is 134 cm³/mol. The maximum Gasteiger partial charge on any atom is 0.262 e. The van der Waals surface area contributed by atoms with E-state index >= 15 is 0 Å². The summed E-state index contributed by atoms with van der Waals surface area (Å²) in [5.74, 6) is -1.40. The average Bonchev–Trinajstić information content (AvgIpc) is 3.13. The maximum atomic E-state index is 13.7. The third kappa shape index (κ3) is 4.65. The Labute approximate surface area is 208 Å². The minimum atomic E-state index is -1.04. The van der Waals surface area contributed by atoms with E-state index in [-0.39, 0.29) is 6.42 Å². The number of hydrogen-bond acceptors (Lipinski definition) is 5. The molecular formula is C27H24ClN3O4. The average molecular weight is 490 g/mol. The summed E-state index contributed by atoms with van der Waals surface area (Å²) >= 11 is 6.27. The van der Waals surface area contributed by atoms with Crippen molar-refractivity contribution in [1.82, 2.24) is 4.90 Å². The fourth-order valence-corrected chi connectivity index (χ4v) is 4.71. The number of morpholine rings is 1. The lowest BCUT2D eigenvalue weighted by Crippen LogP contribution is -2.48. The van der Waals surface area contributed by atoms with Gasteiger partial charge in [-0.2, -0.15) is 0 Å². The Morgan fingerprint density at radius 2 is 1.54 bits per heavy atom. The molecule has 0 aromatic heterocycles. The first-order valence-corrected chi connectivity index (χ1v) is 11.8. The van der Waals surface area contributed by atoms with Crippen LogP contribution >= 0.6 is 11.6 Å². The molecule has 2 aliphatic rings. The van der Waals surface area contributed by atoms with Crippen LogP contribution in [-0.4, -0.2) is 55.0 Å². The summed E-state index contributed by atoms with van der Waals surface area (Å²) in [6, 6.07) is 20.3. The molecule has 0 saturated carbocycles. The molecule has 3 aromatic carbocycles. The van der Waals surface area contributed by atoms with Gasteiger partial charge in [0.05, 0.1) is 35.7 Å². The van der Waals surface area contributed by atoms with Gasteiger partial charge in [-0.15, -0.1) is 0 Å². The van der Waals surface area contributed by atoms with Crippen molar-refractivity contribution >= 4 is 40.7 Å². The standard InChI is InChI=1S/C27H24ClN3O4/c28-19-10-11-23(30-12-14-35-15-13-30)22(17-19)29-25(32)24(16-18-6-2-1-3-7-18)31-26(33)20-8-4-5-9-21(20)27(31)34/h1-11,17,24H,12-16H2,(H,29,32)/t24-/m0/s1. The van der Waals surface area contributed by atoms with E-state index in [1.807, 2.05) is 36.4 Å². The highest BCUT2D eigenvalue weighted by molar-refractivity contribution is 6.31. The highest BCUT2D eigenvalue weighted by Gasteiger charge is 2.42. The zero-order valence-corrected chi connectivity index (χ0v) is 19.7. The topological polar surface area (TPSA) is 79.0 Å². The lowest BCUT2D eigenvalue weighted by atomic mass is 10.0. The molecule has 178 valence electrons. The lowest BCUT2D eigenvalue weighted by Gasteiger charge is -2.31. The third-order valence-corrected chi connectivity index (χ3v) is 6.52. The second-order valence-electron chi connectivity index (χ2n) is 8.48. The molecule has 1 N–H and O–H groups in total. The van der Waals surface area contributed by atoms with E-state index in [2.05, 4.69) is 10.2 Å². The van der Waals surface area contributed by atoms with Crippen molar-refractivity contribution in [1.29, 1.82) is 0 Å². The van der Waals surface area contributed by atoms with E-state index in [1.165, 1.54) is 0 Å². The molecule has 2 aliphatic heterocycles. The minimum Gasteiger partial charge on any atom is -0.378 e. The van der Waals surface area contributed by atoms with Crippen LogP contribution in [0.3, 0.4) is 0 Å². The van der Waals surface area contributed by atoms with Crippen LogP contribution in [0.5, 0.6) is 0 Å². The number of anilines is 2. The van der Waals surface area contributed by atoms with Gasteiger partial charge in [-0.05, 0) is 35.9 Å². The SMILES string of the molecule is O=C(Nc1cc(Cl)ccc1N1CCOCC1)[C@H](Cc1ccccc1)N1C(=O)c2ccccc2C1=O. The monoisotopic (exact) mass is 489 g/mol. The number of halogens is 1. The number of carbonyl (C=O) groups is 3. The normalized spacial score (nSPS) is 16.3. The summed E-state index contributed by atoms with van der Waals surface area (Å²) in [6.45, 7) is 2.52. The Balaban J connectivity index is 1.49. The molecule has 1 atom stereocenters. The number of ether oxygens (including phenoxy) is 1. The molecule has 1 fully saturated rings. The van der Waals surface area contributed by atoms with Gasteiger partial charge in [-0.25, -0.2) is 0 Å². The van der Waals surface area contributed by atoms with Crippen molar-refractivity contribution in [2.45, 2.75) is 12.5 Å². The Morgan fingerprint density at radius 1 is 0.914 bits per heavy atom. The summed E-state index contributed by atoms with van der Waals surface area (Å²) < 4.78 is 5.46. The fourth-order valence-electron chi connectivity index (χ4n) is 4.53. The summed E-state index contributed by atoms with van der Waals surface area (Å²) in [6.07, 6.45) is 0.186. The first-order valence-electron chi connectivity index (χ1n) is 11.5. The van der Waals surface area contributed by atoms with Gasteiger partial charge < -0.3 is 15.0 Å². The Hall–Kier alpha value is -3.68. The van der Waals surface area contributed by atoms with E-state index in [0.717, 1.165) is 16.2 Å². The van der Waals surface area contributed by atoms with Crippen molar-refractivity contribution in [3.05, 3.63) is 94.5 Å². The molecule has 2 heterocycles. The number of nitrogens with zero attached hydrogens (tertiary/aromatic N) is 2. The van der Waals surface area contributed by atoms with Gasteiger partial charge >= 0.3 is 0 Å². The number of benzene rings is 3. The number of fused-ring (bicyclic) bond motifs is 1. The quantitative estimate of drug-likeness (QED) is 0.529. The Kier molecular flexibility index (Phi) is 6.53. The second-order valence-corrected chi connectivity index (χ2v) is 8.92. The summed E-state index contributed by atoms with van der Waals surface area (Å²) in [4.78, 5) is 43.4. The molecule has 0 unspecified atom stereocenters. The van der Waals surface area contributed by atoms with E-state index in [4.69, 9.17) is 16.3 Å². The van der Waals surface area contributed by atoms with Crippen LogP contribution in [0.1, 0.15) is 26.3 Å². The van der Waals surface area contributed by atoms with Gasteiger partial charge in [0, 0.05) is 24.5 Å². The van der Waals surface area contributed by atoms with Crippen molar-refractivity contribution in [3.8, 4) is 0 Å². The predicted octanol–water partition coefficient (Wildman–Crippen LogP) is 4.02. The number of rotatable bonds is 6. The number of amides is 3. The molecule has 0 spiro atoms. The zero-order valence-electron chi connectivity index (χ0n) is 18.9. The van der Waals surface area contributed by atoms with Gasteiger partial charge in [-0.1, -0.05) is 54.1 Å². The lowest BCUT2D eigenvalue weighted by molar-refractivity contribution is -0.119. The molecule has 1 saturated heterocycles. The molecule has 8 heteroatoms. The van der Waals surface area contributed by atoms with Crippen LogP contribution < -0.4 is 10.2 Å². The summed E-state index contributed by atoms with van der Waals surface area (Å²) in [7, 11) is 0. The van der Waals surface area contributed by atoms with Crippen LogP contribution in [0, 0.1) is 0 Å². The molecule has 35 heavy (non-hydrogen) atoms. The van der Waals surface area contributed by atoms with Crippen LogP contribution in [-0.2, 0) is 16.0 Å². The molecule has 0 aliphatic carbocycles. The van der Waals surface area contributed by atoms with Crippen molar-refractivity contribution in [2.75, 3.05) is 36.5 Å². The number of nitrogens with one attached hydrogen (secondary N) is 1. The number of hydrogen-bond donors (Lipinski definition) is 1. The molecule has 3 aromatic rings. The van der Waals surface area contributed by atoms with E-state index in [9.17, 15) is 14.4 Å².